The zero-order chi connectivity index (χ0) is 24.7. The molecule has 6 rings (SSSR count). The summed E-state index contributed by atoms with van der Waals surface area (Å²) in [5, 5.41) is 1.16. The van der Waals surface area contributed by atoms with Gasteiger partial charge in [-0.3, -0.25) is 0 Å². The summed E-state index contributed by atoms with van der Waals surface area (Å²) in [6.07, 6.45) is 3.33. The Morgan fingerprint density at radius 3 is 1.43 bits per heavy atom. The van der Waals surface area contributed by atoms with E-state index in [1.54, 1.807) is 6.20 Å². The summed E-state index contributed by atoms with van der Waals surface area (Å²) < 4.78 is 0. The van der Waals surface area contributed by atoms with Gasteiger partial charge in [-0.1, -0.05) is 36.4 Å². The van der Waals surface area contributed by atoms with Gasteiger partial charge in [0.25, 0.3) is 0 Å². The summed E-state index contributed by atoms with van der Waals surface area (Å²) in [7, 11) is 0. The predicted octanol–water partition coefficient (Wildman–Crippen LogP) is 5.19. The Bertz CT molecular complexity index is 1060. The smallest absolute Gasteiger partial charge is 0.685 e. The number of nitrogens with zero attached hydrogens (tertiary/aromatic N) is 1. The van der Waals surface area contributed by atoms with Crippen LogP contribution in [0.1, 0.15) is 5.56 Å². The molecule has 0 amide bonds. The number of aromatic nitrogens is 1. The van der Waals surface area contributed by atoms with E-state index >= 15 is 0 Å². The summed E-state index contributed by atoms with van der Waals surface area (Å²) in [5.74, 6) is 0. The largest absolute Gasteiger partial charge is 1.00 e. The van der Waals surface area contributed by atoms with Gasteiger partial charge in [0.2, 0.25) is 0 Å². The molecule has 5 aromatic carbocycles. The van der Waals surface area contributed by atoms with E-state index in [2.05, 4.69) is 29.2 Å². The third kappa shape index (κ3) is 18.6. The molecular formula is C34H27KNW-5. The van der Waals surface area contributed by atoms with E-state index in [1.807, 2.05) is 146 Å². The molecular weight excluding hydrogens is 645 g/mol. The van der Waals surface area contributed by atoms with Gasteiger partial charge < -0.3 is 23.2 Å². The number of benzene rings is 5. The second kappa shape index (κ2) is 25.4. The Balaban J connectivity index is 0.000000437. The van der Waals surface area contributed by atoms with Crippen molar-refractivity contribution in [3.8, 4) is 0 Å². The molecule has 1 nitrogen and oxygen atoms in total. The minimum Gasteiger partial charge on any atom is -0.685 e. The minimum atomic E-state index is 0. The molecule has 0 N–H and O–H groups in total. The van der Waals surface area contributed by atoms with Crippen LogP contribution >= 0.6 is 0 Å². The summed E-state index contributed by atoms with van der Waals surface area (Å²) in [6.45, 7) is 5.19. The Hall–Kier alpha value is -2.30. The zero-order valence-corrected chi connectivity index (χ0v) is 27.0. The van der Waals surface area contributed by atoms with Crippen LogP contribution in [-0.2, 0) is 21.1 Å². The Labute approximate surface area is 279 Å². The van der Waals surface area contributed by atoms with Gasteiger partial charge in [0, 0.05) is 21.1 Å². The molecule has 37 heavy (non-hydrogen) atoms. The van der Waals surface area contributed by atoms with Crippen LogP contribution in [0.2, 0.25) is 0 Å². The predicted molar refractivity (Wildman–Crippen MR) is 147 cm³/mol. The second-order valence-corrected chi connectivity index (χ2v) is 6.72. The molecule has 0 unspecified atom stereocenters. The van der Waals surface area contributed by atoms with Gasteiger partial charge in [-0.15, -0.1) is 12.1 Å². The van der Waals surface area contributed by atoms with E-state index < -0.39 is 0 Å². The van der Waals surface area contributed by atoms with Crippen molar-refractivity contribution in [2.45, 2.75) is 0 Å². The third-order valence-corrected chi connectivity index (χ3v) is 4.13. The van der Waals surface area contributed by atoms with Crippen molar-refractivity contribution in [2.75, 3.05) is 0 Å². The molecule has 0 aliphatic carbocycles. The Kier molecular flexibility index (Phi) is 23.8. The molecule has 0 radical (unpaired) electrons. The maximum atomic E-state index is 5.19. The van der Waals surface area contributed by atoms with Crippen molar-refractivity contribution < 1.29 is 72.4 Å². The van der Waals surface area contributed by atoms with Crippen LogP contribution < -0.4 is 56.4 Å². The molecule has 0 aliphatic heterocycles. The summed E-state index contributed by atoms with van der Waals surface area (Å²) in [4.78, 5) is 4.10. The van der Waals surface area contributed by atoms with Crippen LogP contribution in [-0.4, -0.2) is 0 Å². The van der Waals surface area contributed by atoms with Gasteiger partial charge in [-0.25, -0.2) is 17.6 Å². The van der Waals surface area contributed by atoms with Gasteiger partial charge in [0.15, 0.2) is 0 Å². The standard InChI is InChI=1S/C8H5N.C8H6.C6H6.2C6H5.K.W/c1-2-4-8-7(3-1)5-6-9-8;1-2-8-6-4-3-5-7-8;3*1-2-4-6-5-3-1;;/h2-6H;1-6H;1-6H;2*1-5H;;/q2*-2;;2*-1;+1;. The second-order valence-electron chi connectivity index (χ2n) is 6.72. The summed E-state index contributed by atoms with van der Waals surface area (Å²) in [6, 6.07) is 58.2. The Morgan fingerprint density at radius 2 is 1.08 bits per heavy atom. The number of hydrogen-bond acceptors (Lipinski definition) is 0. The molecule has 0 fully saturated rings. The molecule has 1 heterocycles. The maximum absolute atomic E-state index is 5.19. The fourth-order valence-corrected chi connectivity index (χ4v) is 2.46. The van der Waals surface area contributed by atoms with Crippen molar-refractivity contribution >= 4 is 17.0 Å². The fourth-order valence-electron chi connectivity index (χ4n) is 2.46. The van der Waals surface area contributed by atoms with Crippen LogP contribution in [0.15, 0.2) is 152 Å². The van der Waals surface area contributed by atoms with Gasteiger partial charge in [0.05, 0.1) is 0 Å². The van der Waals surface area contributed by atoms with Gasteiger partial charge in [-0.2, -0.15) is 121 Å². The van der Waals surface area contributed by atoms with Crippen LogP contribution in [0.25, 0.3) is 17.0 Å². The van der Waals surface area contributed by atoms with E-state index in [4.69, 9.17) is 6.58 Å². The third-order valence-electron chi connectivity index (χ3n) is 4.13. The average Bonchev–Trinajstić information content (AvgIpc) is 3.47. The first kappa shape index (κ1) is 34.7. The van der Waals surface area contributed by atoms with Gasteiger partial charge >= 0.3 is 51.4 Å². The topological polar surface area (TPSA) is 14.1 Å². The number of rotatable bonds is 1. The van der Waals surface area contributed by atoms with Crippen molar-refractivity contribution in [2.24, 2.45) is 0 Å². The molecule has 0 saturated carbocycles. The maximum Gasteiger partial charge on any atom is 1.00 e. The molecule has 0 bridgehead atoms. The van der Waals surface area contributed by atoms with Gasteiger partial charge in [-0.05, 0) is 0 Å². The van der Waals surface area contributed by atoms with E-state index in [9.17, 15) is 0 Å². The van der Waals surface area contributed by atoms with Gasteiger partial charge in [0.1, 0.15) is 0 Å². The van der Waals surface area contributed by atoms with Crippen LogP contribution in [0.3, 0.4) is 0 Å². The first-order valence-electron chi connectivity index (χ1n) is 11.1. The average molecular weight is 673 g/mol. The molecule has 180 valence electrons. The van der Waals surface area contributed by atoms with E-state index in [1.165, 1.54) is 6.08 Å². The van der Waals surface area contributed by atoms with E-state index in [0.717, 1.165) is 16.5 Å². The van der Waals surface area contributed by atoms with Crippen LogP contribution in [0.4, 0.5) is 0 Å². The fraction of sp³-hybridized carbons (Fsp3) is 0. The molecule has 0 saturated heterocycles. The first-order valence-corrected chi connectivity index (χ1v) is 11.1. The Morgan fingerprint density at radius 1 is 0.568 bits per heavy atom. The van der Waals surface area contributed by atoms with Crippen LogP contribution in [0, 0.1) is 30.8 Å². The quantitative estimate of drug-likeness (QED) is 0.173. The molecule has 0 aliphatic rings. The normalized spacial score (nSPS) is 8.22. The SMILES string of the molecule is [CH-]=Cc1[c-]cccc1.[K+].[W].[c-]1ccc2[n-]ccc2c1.[c-]1ccccc1.[c-]1ccccc1.c1ccccc1. The minimum absolute atomic E-state index is 0. The van der Waals surface area contributed by atoms with Crippen LogP contribution in [0.5, 0.6) is 0 Å². The molecule has 3 heteroatoms. The first-order chi connectivity index (χ1) is 17.4. The van der Waals surface area contributed by atoms with E-state index in [-0.39, 0.29) is 72.4 Å². The monoisotopic (exact) mass is 672 g/mol. The molecule has 0 atom stereocenters. The van der Waals surface area contributed by atoms with Crippen molar-refractivity contribution in [3.63, 3.8) is 0 Å². The van der Waals surface area contributed by atoms with E-state index in [0.29, 0.717) is 0 Å². The number of hydrogen-bond donors (Lipinski definition) is 0. The van der Waals surface area contributed by atoms with Crippen molar-refractivity contribution in [1.82, 2.24) is 4.98 Å². The summed E-state index contributed by atoms with van der Waals surface area (Å²) in [5.41, 5.74) is 1.99. The molecule has 6 aromatic rings. The van der Waals surface area contributed by atoms with Crippen molar-refractivity contribution in [1.29, 1.82) is 0 Å². The molecule has 0 spiro atoms. The van der Waals surface area contributed by atoms with Crippen molar-refractivity contribution in [3.05, 3.63) is 188 Å². The summed E-state index contributed by atoms with van der Waals surface area (Å²) >= 11 is 0. The zero-order valence-electron chi connectivity index (χ0n) is 20.9. The molecule has 1 aromatic heterocycles. The number of fused-ring (bicyclic) bond motifs is 1.